The zero-order valence-electron chi connectivity index (χ0n) is 23.6. The summed E-state index contributed by atoms with van der Waals surface area (Å²) < 4.78 is 23.9. The minimum Gasteiger partial charge on any atom is -0.494 e. The Morgan fingerprint density at radius 2 is 1.85 bits per heavy atom. The molecule has 0 aliphatic carbocycles. The van der Waals surface area contributed by atoms with E-state index in [0.29, 0.717) is 23.4 Å². The minimum atomic E-state index is -0.767. The molecule has 11 nitrogen and oxygen atoms in total. The van der Waals surface area contributed by atoms with Crippen molar-refractivity contribution in [3.05, 3.63) is 82.6 Å². The Labute approximate surface area is 236 Å². The molecular formula is C29H31FN6O5. The molecule has 0 saturated carbocycles. The van der Waals surface area contributed by atoms with Crippen LogP contribution in [0.25, 0.3) is 11.1 Å². The molecule has 12 heteroatoms. The quantitative estimate of drug-likeness (QED) is 0.360. The first kappa shape index (κ1) is 29.0. The summed E-state index contributed by atoms with van der Waals surface area (Å²) in [4.78, 5) is 45.9. The van der Waals surface area contributed by atoms with Crippen LogP contribution in [-0.2, 0) is 11.3 Å². The molecule has 3 aromatic heterocycles. The van der Waals surface area contributed by atoms with Gasteiger partial charge < -0.3 is 24.3 Å². The van der Waals surface area contributed by atoms with Gasteiger partial charge >= 0.3 is 6.03 Å². The van der Waals surface area contributed by atoms with Crippen molar-refractivity contribution < 1.29 is 27.9 Å². The van der Waals surface area contributed by atoms with Crippen LogP contribution in [0.15, 0.2) is 53.1 Å². The third-order valence-electron chi connectivity index (χ3n) is 6.33. The summed E-state index contributed by atoms with van der Waals surface area (Å²) in [6, 6.07) is 11.3. The van der Waals surface area contributed by atoms with Crippen LogP contribution >= 0.6 is 0 Å². The molecular weight excluding hydrogens is 531 g/mol. The zero-order valence-corrected chi connectivity index (χ0v) is 23.6. The molecule has 4 amide bonds. The number of benzene rings is 1. The minimum absolute atomic E-state index is 0.118. The number of methoxy groups -OCH3 is 1. The van der Waals surface area contributed by atoms with E-state index in [1.807, 2.05) is 51.2 Å². The smallest absolute Gasteiger partial charge is 0.322 e. The summed E-state index contributed by atoms with van der Waals surface area (Å²) >= 11 is 0. The molecule has 0 radical (unpaired) electrons. The molecule has 2 aliphatic rings. The first-order valence-electron chi connectivity index (χ1n) is 12.7. The monoisotopic (exact) mass is 562 g/mol. The highest BCUT2D eigenvalue weighted by molar-refractivity contribution is 6.04. The number of amides is 4. The summed E-state index contributed by atoms with van der Waals surface area (Å²) in [6.07, 6.45) is 1.87. The summed E-state index contributed by atoms with van der Waals surface area (Å²) in [6.45, 7) is 4.37. The van der Waals surface area contributed by atoms with E-state index in [0.717, 1.165) is 17.1 Å². The molecule has 4 aromatic rings. The van der Waals surface area contributed by atoms with Gasteiger partial charge in [0, 0.05) is 45.6 Å². The van der Waals surface area contributed by atoms with Gasteiger partial charge in [0.25, 0.3) is 11.8 Å². The van der Waals surface area contributed by atoms with Crippen molar-refractivity contribution in [3.8, 4) is 5.75 Å². The van der Waals surface area contributed by atoms with Crippen molar-refractivity contribution in [2.45, 2.75) is 26.4 Å². The Hall–Kier alpha value is -5.00. The van der Waals surface area contributed by atoms with Gasteiger partial charge in [-0.3, -0.25) is 14.9 Å². The SMILES string of the molecule is COc1ccc2c(c1F)C(=O)N(C)C2.Cc1ccc(N(C)C)nc1.Cc1ccc2oc(C3NC(=O)NC3=O)cc2n1. The maximum Gasteiger partial charge on any atom is 0.322 e. The molecule has 1 fully saturated rings. The third kappa shape index (κ3) is 6.43. The van der Waals surface area contributed by atoms with Crippen LogP contribution in [0.3, 0.4) is 0 Å². The molecule has 2 N–H and O–H groups in total. The Morgan fingerprint density at radius 1 is 1.10 bits per heavy atom. The fourth-order valence-electron chi connectivity index (χ4n) is 4.16. The van der Waals surface area contributed by atoms with E-state index in [4.69, 9.17) is 9.15 Å². The molecule has 6 rings (SSSR count). The first-order chi connectivity index (χ1) is 19.5. The molecule has 1 unspecified atom stereocenters. The number of aromatic nitrogens is 2. The maximum absolute atomic E-state index is 13.6. The molecule has 214 valence electrons. The van der Waals surface area contributed by atoms with Crippen molar-refractivity contribution in [1.82, 2.24) is 25.5 Å². The highest BCUT2D eigenvalue weighted by Gasteiger charge is 2.33. The van der Waals surface area contributed by atoms with Crippen molar-refractivity contribution in [2.24, 2.45) is 0 Å². The number of nitrogens with one attached hydrogen (secondary N) is 2. The van der Waals surface area contributed by atoms with Crippen molar-refractivity contribution in [1.29, 1.82) is 0 Å². The summed E-state index contributed by atoms with van der Waals surface area (Å²) in [5.74, 6) is 0.265. The second-order valence-electron chi connectivity index (χ2n) is 9.75. The average molecular weight is 563 g/mol. The van der Waals surface area contributed by atoms with Gasteiger partial charge in [0.15, 0.2) is 23.2 Å². The van der Waals surface area contributed by atoms with E-state index >= 15 is 0 Å². The molecule has 1 saturated heterocycles. The summed E-state index contributed by atoms with van der Waals surface area (Å²) in [7, 11) is 7.00. The molecule has 0 spiro atoms. The second kappa shape index (κ2) is 12.0. The average Bonchev–Trinajstić information content (AvgIpc) is 3.59. The number of rotatable bonds is 3. The standard InChI is InChI=1S/C11H9N3O3.C10H10FNO2.C8H12N2/c1-5-2-3-7-6(12-5)4-8(17-7)9-10(15)14-11(16)13-9;1-12-5-6-3-4-7(14-2)9(11)8(6)10(12)13;1-7-4-5-8(9-6-7)10(2)3/h2-4,9H,1H3,(H2,13,14,15,16);3-4H,5H2,1-2H3;4-6H,1-3H3. The predicted octanol–water partition coefficient (Wildman–Crippen LogP) is 3.89. The lowest BCUT2D eigenvalue weighted by Gasteiger charge is -2.09. The third-order valence-corrected chi connectivity index (χ3v) is 6.33. The number of pyridine rings is 2. The fraction of sp³-hybridized carbons (Fsp3) is 0.276. The van der Waals surface area contributed by atoms with Gasteiger partial charge in [0.1, 0.15) is 17.1 Å². The number of anilines is 1. The van der Waals surface area contributed by atoms with E-state index in [9.17, 15) is 18.8 Å². The van der Waals surface area contributed by atoms with Crippen LogP contribution in [0, 0.1) is 19.7 Å². The molecule has 2 aliphatic heterocycles. The second-order valence-corrected chi connectivity index (χ2v) is 9.75. The number of furan rings is 1. The van der Waals surface area contributed by atoms with E-state index in [1.54, 1.807) is 31.3 Å². The van der Waals surface area contributed by atoms with E-state index in [1.165, 1.54) is 17.6 Å². The number of halogens is 1. The Bertz CT molecular complexity index is 1600. The number of imide groups is 1. The number of aryl methyl sites for hydroxylation is 2. The number of carbonyl (C=O) groups is 3. The van der Waals surface area contributed by atoms with Gasteiger partial charge in [-0.2, -0.15) is 0 Å². The van der Waals surface area contributed by atoms with Crippen LogP contribution in [0.1, 0.15) is 39.0 Å². The van der Waals surface area contributed by atoms with Crippen LogP contribution in [0.5, 0.6) is 5.75 Å². The fourth-order valence-corrected chi connectivity index (χ4v) is 4.16. The number of nitrogens with zero attached hydrogens (tertiary/aromatic N) is 4. The number of urea groups is 1. The van der Waals surface area contributed by atoms with Crippen molar-refractivity contribution >= 4 is 34.8 Å². The predicted molar refractivity (Wildman–Crippen MR) is 150 cm³/mol. The zero-order chi connectivity index (χ0) is 29.8. The van der Waals surface area contributed by atoms with Crippen LogP contribution in [0.2, 0.25) is 0 Å². The van der Waals surface area contributed by atoms with Crippen LogP contribution < -0.4 is 20.3 Å². The molecule has 5 heterocycles. The number of hydrogen-bond acceptors (Lipinski definition) is 8. The number of carbonyl (C=O) groups excluding carboxylic acids is 3. The molecule has 0 bridgehead atoms. The first-order valence-corrected chi connectivity index (χ1v) is 12.7. The Kier molecular flexibility index (Phi) is 8.51. The largest absolute Gasteiger partial charge is 0.494 e. The lowest BCUT2D eigenvalue weighted by atomic mass is 10.1. The van der Waals surface area contributed by atoms with E-state index in [-0.39, 0.29) is 17.2 Å². The van der Waals surface area contributed by atoms with Gasteiger partial charge in [-0.1, -0.05) is 12.1 Å². The van der Waals surface area contributed by atoms with Crippen molar-refractivity contribution in [2.75, 3.05) is 33.2 Å². The van der Waals surface area contributed by atoms with Gasteiger partial charge in [-0.15, -0.1) is 0 Å². The lowest BCUT2D eigenvalue weighted by Crippen LogP contribution is -2.22. The van der Waals surface area contributed by atoms with Crippen molar-refractivity contribution in [3.63, 3.8) is 0 Å². The van der Waals surface area contributed by atoms with Crippen LogP contribution in [-0.4, -0.2) is 61.0 Å². The van der Waals surface area contributed by atoms with Crippen LogP contribution in [0.4, 0.5) is 15.0 Å². The maximum atomic E-state index is 13.6. The summed E-state index contributed by atoms with van der Waals surface area (Å²) in [5, 5.41) is 4.63. The molecule has 41 heavy (non-hydrogen) atoms. The van der Waals surface area contributed by atoms with E-state index in [2.05, 4.69) is 26.7 Å². The number of fused-ring (bicyclic) bond motifs is 2. The van der Waals surface area contributed by atoms with Gasteiger partial charge in [-0.05, 0) is 49.2 Å². The summed E-state index contributed by atoms with van der Waals surface area (Å²) in [5.41, 5.74) is 4.20. The highest BCUT2D eigenvalue weighted by Crippen LogP contribution is 2.30. The Balaban J connectivity index is 0.000000147. The van der Waals surface area contributed by atoms with Gasteiger partial charge in [0.05, 0.1) is 12.7 Å². The normalized spacial score (nSPS) is 15.3. The van der Waals surface area contributed by atoms with E-state index < -0.39 is 23.8 Å². The molecule has 1 atom stereocenters. The lowest BCUT2D eigenvalue weighted by molar-refractivity contribution is -0.120. The highest BCUT2D eigenvalue weighted by atomic mass is 19.1. The van der Waals surface area contributed by atoms with Gasteiger partial charge in [0.2, 0.25) is 0 Å². The number of hydrogen-bond donors (Lipinski definition) is 2. The number of ether oxygens (including phenoxy) is 1. The topological polar surface area (TPSA) is 130 Å². The Morgan fingerprint density at radius 3 is 2.46 bits per heavy atom. The molecule has 1 aromatic carbocycles. The van der Waals surface area contributed by atoms with Gasteiger partial charge in [-0.25, -0.2) is 19.2 Å².